The van der Waals surface area contributed by atoms with Gasteiger partial charge in [-0.3, -0.25) is 4.57 Å². The van der Waals surface area contributed by atoms with Crippen molar-refractivity contribution in [1.29, 1.82) is 0 Å². The first-order valence-electron chi connectivity index (χ1n) is 6.87. The number of alkyl halides is 1. The minimum atomic E-state index is -0.199. The zero-order valence-electron chi connectivity index (χ0n) is 12.2. The average molecular weight is 319 g/mol. The molecule has 0 bridgehead atoms. The number of rotatable bonds is 2. The molecular formula is C17H16Cl2N2. The quantitative estimate of drug-likeness (QED) is 0.563. The molecule has 0 aliphatic heterocycles. The minimum absolute atomic E-state index is 0.199. The Morgan fingerprint density at radius 2 is 1.86 bits per heavy atom. The molecule has 0 fully saturated rings. The number of benzene rings is 2. The van der Waals surface area contributed by atoms with E-state index in [1.54, 1.807) is 0 Å². The molecule has 1 aromatic heterocycles. The van der Waals surface area contributed by atoms with Crippen LogP contribution in [0.15, 0.2) is 36.4 Å². The summed E-state index contributed by atoms with van der Waals surface area (Å²) in [5.41, 5.74) is 5.30. The highest BCUT2D eigenvalue weighted by Gasteiger charge is 2.18. The van der Waals surface area contributed by atoms with Crippen LogP contribution in [-0.2, 0) is 0 Å². The molecule has 0 aliphatic carbocycles. The molecule has 21 heavy (non-hydrogen) atoms. The van der Waals surface area contributed by atoms with E-state index in [4.69, 9.17) is 23.2 Å². The van der Waals surface area contributed by atoms with Crippen molar-refractivity contribution in [1.82, 2.24) is 9.55 Å². The maximum absolute atomic E-state index is 6.40. The van der Waals surface area contributed by atoms with Crippen molar-refractivity contribution < 1.29 is 0 Å². The van der Waals surface area contributed by atoms with E-state index in [9.17, 15) is 0 Å². The minimum Gasteiger partial charge on any atom is -0.294 e. The summed E-state index contributed by atoms with van der Waals surface area (Å²) >= 11 is 12.7. The van der Waals surface area contributed by atoms with Crippen LogP contribution in [0, 0.1) is 13.8 Å². The molecular weight excluding hydrogens is 303 g/mol. The van der Waals surface area contributed by atoms with Gasteiger partial charge in [-0.1, -0.05) is 23.7 Å². The number of halogens is 2. The summed E-state index contributed by atoms with van der Waals surface area (Å²) in [6, 6.07) is 12.1. The summed E-state index contributed by atoms with van der Waals surface area (Å²) in [7, 11) is 0. The van der Waals surface area contributed by atoms with Crippen molar-refractivity contribution in [2.45, 2.75) is 26.1 Å². The lowest BCUT2D eigenvalue weighted by Gasteiger charge is -2.13. The first kappa shape index (κ1) is 14.4. The fourth-order valence-corrected chi connectivity index (χ4v) is 2.90. The van der Waals surface area contributed by atoms with Crippen LogP contribution in [0.3, 0.4) is 0 Å². The Hall–Kier alpha value is -1.51. The fourth-order valence-electron chi connectivity index (χ4n) is 2.50. The maximum Gasteiger partial charge on any atom is 0.132 e. The molecule has 0 N–H and O–H groups in total. The lowest BCUT2D eigenvalue weighted by molar-refractivity contribution is 0.881. The van der Waals surface area contributed by atoms with Gasteiger partial charge in [0.05, 0.1) is 21.4 Å². The highest BCUT2D eigenvalue weighted by molar-refractivity contribution is 6.35. The van der Waals surface area contributed by atoms with E-state index in [2.05, 4.69) is 41.6 Å². The molecule has 0 spiro atoms. The average Bonchev–Trinajstić information content (AvgIpc) is 2.83. The third-order valence-corrected chi connectivity index (χ3v) is 4.26. The Morgan fingerprint density at radius 3 is 2.52 bits per heavy atom. The summed E-state index contributed by atoms with van der Waals surface area (Å²) in [6.07, 6.45) is 0. The van der Waals surface area contributed by atoms with Gasteiger partial charge in [-0.05, 0) is 56.2 Å². The fraction of sp³-hybridized carbons (Fsp3) is 0.235. The molecule has 108 valence electrons. The molecule has 0 aliphatic rings. The standard InChI is InChI=1S/C17H16Cl2N2/c1-10-7-8-13(9-11(10)2)21-16-14(19)5-4-6-15(16)20-17(21)12(3)18/h4-9,12H,1-3H3. The van der Waals surface area contributed by atoms with E-state index in [1.807, 2.05) is 25.1 Å². The van der Waals surface area contributed by atoms with Gasteiger partial charge in [0.1, 0.15) is 5.82 Å². The second-order valence-electron chi connectivity index (χ2n) is 5.30. The molecule has 0 saturated carbocycles. The second kappa shape index (κ2) is 5.36. The first-order chi connectivity index (χ1) is 9.99. The summed E-state index contributed by atoms with van der Waals surface area (Å²) in [5.74, 6) is 0.808. The molecule has 3 rings (SSSR count). The zero-order valence-corrected chi connectivity index (χ0v) is 13.7. The molecule has 2 nitrogen and oxygen atoms in total. The normalized spacial score (nSPS) is 12.8. The Bertz CT molecular complexity index is 819. The number of hydrogen-bond acceptors (Lipinski definition) is 1. The van der Waals surface area contributed by atoms with Gasteiger partial charge < -0.3 is 0 Å². The van der Waals surface area contributed by atoms with Gasteiger partial charge in [0.2, 0.25) is 0 Å². The molecule has 1 atom stereocenters. The topological polar surface area (TPSA) is 17.8 Å². The predicted molar refractivity (Wildman–Crippen MR) is 89.8 cm³/mol. The van der Waals surface area contributed by atoms with Gasteiger partial charge in [-0.15, -0.1) is 11.6 Å². The summed E-state index contributed by atoms with van der Waals surface area (Å²) in [5, 5.41) is 0.483. The van der Waals surface area contributed by atoms with Crippen molar-refractivity contribution in [2.75, 3.05) is 0 Å². The third kappa shape index (κ3) is 2.43. The van der Waals surface area contributed by atoms with Crippen LogP contribution >= 0.6 is 23.2 Å². The Kier molecular flexibility index (Phi) is 3.68. The van der Waals surface area contributed by atoms with Crippen molar-refractivity contribution in [3.63, 3.8) is 0 Å². The van der Waals surface area contributed by atoms with E-state index < -0.39 is 0 Å². The monoisotopic (exact) mass is 318 g/mol. The number of imidazole rings is 1. The van der Waals surface area contributed by atoms with Crippen LogP contribution in [0.4, 0.5) is 0 Å². The van der Waals surface area contributed by atoms with Crippen molar-refractivity contribution in [3.05, 3.63) is 58.4 Å². The summed E-state index contributed by atoms with van der Waals surface area (Å²) < 4.78 is 2.06. The number of aromatic nitrogens is 2. The molecule has 0 amide bonds. The summed E-state index contributed by atoms with van der Waals surface area (Å²) in [4.78, 5) is 4.65. The van der Waals surface area contributed by atoms with E-state index in [0.717, 1.165) is 22.5 Å². The number of nitrogens with zero attached hydrogens (tertiary/aromatic N) is 2. The highest BCUT2D eigenvalue weighted by atomic mass is 35.5. The molecule has 0 radical (unpaired) electrons. The third-order valence-electron chi connectivity index (χ3n) is 3.76. The van der Waals surface area contributed by atoms with Gasteiger partial charge in [-0.25, -0.2) is 4.98 Å². The van der Waals surface area contributed by atoms with Gasteiger partial charge in [0.15, 0.2) is 0 Å². The molecule has 1 heterocycles. The molecule has 2 aromatic carbocycles. The van der Waals surface area contributed by atoms with E-state index in [0.29, 0.717) is 5.02 Å². The number of fused-ring (bicyclic) bond motifs is 1. The predicted octanol–water partition coefficient (Wildman–Crippen LogP) is 5.60. The number of para-hydroxylation sites is 1. The summed E-state index contributed by atoms with van der Waals surface area (Å²) in [6.45, 7) is 6.13. The lowest BCUT2D eigenvalue weighted by atomic mass is 10.1. The van der Waals surface area contributed by atoms with Gasteiger partial charge in [0, 0.05) is 5.69 Å². The van der Waals surface area contributed by atoms with Gasteiger partial charge >= 0.3 is 0 Å². The van der Waals surface area contributed by atoms with Crippen molar-refractivity contribution in [2.24, 2.45) is 0 Å². The van der Waals surface area contributed by atoms with Crippen LogP contribution in [0.1, 0.15) is 29.3 Å². The first-order valence-corrected chi connectivity index (χ1v) is 7.69. The van der Waals surface area contributed by atoms with Crippen LogP contribution < -0.4 is 0 Å². The van der Waals surface area contributed by atoms with Crippen LogP contribution in [-0.4, -0.2) is 9.55 Å². The molecule has 4 heteroatoms. The molecule has 3 aromatic rings. The Balaban J connectivity index is 2.38. The van der Waals surface area contributed by atoms with Crippen LogP contribution in [0.25, 0.3) is 16.7 Å². The zero-order chi connectivity index (χ0) is 15.1. The maximum atomic E-state index is 6.40. The Morgan fingerprint density at radius 1 is 1.10 bits per heavy atom. The highest BCUT2D eigenvalue weighted by Crippen LogP contribution is 2.32. The van der Waals surface area contributed by atoms with Crippen molar-refractivity contribution in [3.8, 4) is 5.69 Å². The lowest BCUT2D eigenvalue weighted by Crippen LogP contribution is -2.02. The largest absolute Gasteiger partial charge is 0.294 e. The van der Waals surface area contributed by atoms with Crippen LogP contribution in [0.2, 0.25) is 5.02 Å². The smallest absolute Gasteiger partial charge is 0.132 e. The van der Waals surface area contributed by atoms with E-state index in [-0.39, 0.29) is 5.38 Å². The van der Waals surface area contributed by atoms with Crippen molar-refractivity contribution >= 4 is 34.2 Å². The van der Waals surface area contributed by atoms with Gasteiger partial charge in [-0.2, -0.15) is 0 Å². The Labute approximate surface area is 134 Å². The number of aryl methyl sites for hydroxylation is 2. The van der Waals surface area contributed by atoms with E-state index >= 15 is 0 Å². The number of hydrogen-bond donors (Lipinski definition) is 0. The second-order valence-corrected chi connectivity index (χ2v) is 6.36. The van der Waals surface area contributed by atoms with Crippen LogP contribution in [0.5, 0.6) is 0 Å². The SMILES string of the molecule is Cc1ccc(-n2c(C(C)Cl)nc3cccc(Cl)c32)cc1C. The van der Waals surface area contributed by atoms with E-state index in [1.165, 1.54) is 11.1 Å². The molecule has 1 unspecified atom stereocenters. The van der Waals surface area contributed by atoms with Gasteiger partial charge in [0.25, 0.3) is 0 Å². The molecule has 0 saturated heterocycles.